The monoisotopic (exact) mass is 258 g/mol. The molecule has 1 aromatic carbocycles. The van der Waals surface area contributed by atoms with Gasteiger partial charge in [0, 0.05) is 17.8 Å². The van der Waals surface area contributed by atoms with Crippen molar-refractivity contribution >= 4 is 0 Å². The maximum Gasteiger partial charge on any atom is 0.152 e. The molecular weight excluding hydrogens is 250 g/mol. The molecule has 94 valence electrons. The van der Waals surface area contributed by atoms with Crippen LogP contribution in [0.1, 0.15) is 0 Å². The molecule has 3 aromatic rings. The van der Waals surface area contributed by atoms with Crippen LogP contribution in [0.2, 0.25) is 0 Å². The fourth-order valence-electron chi connectivity index (χ4n) is 1.86. The van der Waals surface area contributed by atoms with Gasteiger partial charge in [-0.15, -0.1) is 0 Å². The Labute approximate surface area is 107 Å². The first-order chi connectivity index (χ1) is 9.24. The summed E-state index contributed by atoms with van der Waals surface area (Å²) in [6, 6.07) is 6.72. The minimum Gasteiger partial charge on any atom is -0.463 e. The van der Waals surface area contributed by atoms with Crippen molar-refractivity contribution in [3.63, 3.8) is 0 Å². The fourth-order valence-corrected chi connectivity index (χ4v) is 1.86. The maximum atomic E-state index is 13.3. The number of furan rings is 1. The number of benzene rings is 1. The standard InChI is InChI=1S/C14H8F2N2O/c15-10-4-9(5-11(16)6-10)12-7-17-8-18-14(12)13-2-1-3-19-13/h1-8H. The van der Waals surface area contributed by atoms with Crippen molar-refractivity contribution in [1.29, 1.82) is 0 Å². The number of halogens is 2. The van der Waals surface area contributed by atoms with Crippen LogP contribution in [0.4, 0.5) is 8.78 Å². The molecule has 0 radical (unpaired) electrons. The summed E-state index contributed by atoms with van der Waals surface area (Å²) in [5.41, 5.74) is 1.37. The minimum absolute atomic E-state index is 0.365. The van der Waals surface area contributed by atoms with Gasteiger partial charge in [-0.1, -0.05) is 0 Å². The van der Waals surface area contributed by atoms with Crippen LogP contribution < -0.4 is 0 Å². The van der Waals surface area contributed by atoms with Gasteiger partial charge in [0.25, 0.3) is 0 Å². The van der Waals surface area contributed by atoms with E-state index in [2.05, 4.69) is 9.97 Å². The third-order valence-corrected chi connectivity index (χ3v) is 2.64. The SMILES string of the molecule is Fc1cc(F)cc(-c2cncnc2-c2ccco2)c1. The lowest BCUT2D eigenvalue weighted by Crippen LogP contribution is -1.91. The Morgan fingerprint density at radius 2 is 1.84 bits per heavy atom. The third kappa shape index (κ3) is 2.22. The quantitative estimate of drug-likeness (QED) is 0.703. The number of nitrogens with zero attached hydrogens (tertiary/aromatic N) is 2. The van der Waals surface area contributed by atoms with E-state index in [-0.39, 0.29) is 0 Å². The van der Waals surface area contributed by atoms with E-state index in [1.165, 1.54) is 30.9 Å². The zero-order valence-electron chi connectivity index (χ0n) is 9.68. The van der Waals surface area contributed by atoms with Crippen LogP contribution in [0.5, 0.6) is 0 Å². The molecule has 0 unspecified atom stereocenters. The Morgan fingerprint density at radius 3 is 2.53 bits per heavy atom. The Hall–Kier alpha value is -2.56. The number of hydrogen-bond acceptors (Lipinski definition) is 3. The van der Waals surface area contributed by atoms with Gasteiger partial charge in [-0.05, 0) is 29.8 Å². The summed E-state index contributed by atoms with van der Waals surface area (Å²) >= 11 is 0. The van der Waals surface area contributed by atoms with E-state index in [0.717, 1.165) is 6.07 Å². The molecule has 3 nitrogen and oxygen atoms in total. The summed E-state index contributed by atoms with van der Waals surface area (Å²) in [5.74, 6) is -0.782. The molecule has 0 N–H and O–H groups in total. The second-order valence-corrected chi connectivity index (χ2v) is 3.92. The van der Waals surface area contributed by atoms with Crippen molar-refractivity contribution in [3.05, 3.63) is 60.8 Å². The van der Waals surface area contributed by atoms with E-state index in [1.54, 1.807) is 12.1 Å². The molecular formula is C14H8F2N2O. The molecule has 0 amide bonds. The number of hydrogen-bond donors (Lipinski definition) is 0. The maximum absolute atomic E-state index is 13.3. The normalized spacial score (nSPS) is 10.6. The Balaban J connectivity index is 2.20. The van der Waals surface area contributed by atoms with Crippen LogP contribution in [0.15, 0.2) is 53.5 Å². The molecule has 3 rings (SSSR count). The molecule has 0 fully saturated rings. The van der Waals surface area contributed by atoms with Gasteiger partial charge in [0.2, 0.25) is 0 Å². The molecule has 0 spiro atoms. The van der Waals surface area contributed by atoms with E-state index in [1.807, 2.05) is 0 Å². The van der Waals surface area contributed by atoms with Crippen LogP contribution in [0.25, 0.3) is 22.6 Å². The highest BCUT2D eigenvalue weighted by atomic mass is 19.1. The lowest BCUT2D eigenvalue weighted by molar-refractivity contribution is 0.579. The number of rotatable bonds is 2. The van der Waals surface area contributed by atoms with Gasteiger partial charge in [-0.2, -0.15) is 0 Å². The van der Waals surface area contributed by atoms with Crippen LogP contribution in [0, 0.1) is 11.6 Å². The topological polar surface area (TPSA) is 38.9 Å². The van der Waals surface area contributed by atoms with Gasteiger partial charge in [0.15, 0.2) is 5.76 Å². The van der Waals surface area contributed by atoms with Gasteiger partial charge in [0.05, 0.1) is 6.26 Å². The summed E-state index contributed by atoms with van der Waals surface area (Å²) in [7, 11) is 0. The Morgan fingerprint density at radius 1 is 1.05 bits per heavy atom. The van der Waals surface area contributed by atoms with Crippen molar-refractivity contribution < 1.29 is 13.2 Å². The molecule has 0 aliphatic rings. The van der Waals surface area contributed by atoms with Gasteiger partial charge in [-0.25, -0.2) is 18.7 Å². The van der Waals surface area contributed by atoms with Gasteiger partial charge in [0.1, 0.15) is 23.7 Å². The first-order valence-corrected chi connectivity index (χ1v) is 5.54. The molecule has 5 heteroatoms. The summed E-state index contributed by atoms with van der Waals surface area (Å²) in [6.07, 6.45) is 4.36. The first kappa shape index (κ1) is 11.5. The molecule has 2 aromatic heterocycles. The van der Waals surface area contributed by atoms with E-state index < -0.39 is 11.6 Å². The largest absolute Gasteiger partial charge is 0.463 e. The van der Waals surface area contributed by atoms with Crippen LogP contribution >= 0.6 is 0 Å². The summed E-state index contributed by atoms with van der Waals surface area (Å²) in [4.78, 5) is 8.00. The van der Waals surface area contributed by atoms with Crippen LogP contribution in [-0.2, 0) is 0 Å². The molecule has 0 atom stereocenters. The molecule has 0 saturated heterocycles. The predicted molar refractivity (Wildman–Crippen MR) is 65.1 cm³/mol. The minimum atomic E-state index is -0.649. The van der Waals surface area contributed by atoms with Crippen molar-refractivity contribution in [2.75, 3.05) is 0 Å². The van der Waals surface area contributed by atoms with E-state index in [4.69, 9.17) is 4.42 Å². The van der Waals surface area contributed by atoms with Crippen molar-refractivity contribution in [2.45, 2.75) is 0 Å². The average Bonchev–Trinajstić information content (AvgIpc) is 2.91. The average molecular weight is 258 g/mol. The number of aromatic nitrogens is 2. The fraction of sp³-hybridized carbons (Fsp3) is 0. The Kier molecular flexibility index (Phi) is 2.79. The van der Waals surface area contributed by atoms with Crippen LogP contribution in [0.3, 0.4) is 0 Å². The molecule has 2 heterocycles. The molecule has 19 heavy (non-hydrogen) atoms. The molecule has 0 bridgehead atoms. The smallest absolute Gasteiger partial charge is 0.152 e. The summed E-state index contributed by atoms with van der Waals surface area (Å²) in [5, 5.41) is 0. The molecule has 0 aliphatic heterocycles. The summed E-state index contributed by atoms with van der Waals surface area (Å²) in [6.45, 7) is 0. The van der Waals surface area contributed by atoms with Crippen molar-refractivity contribution in [3.8, 4) is 22.6 Å². The summed E-state index contributed by atoms with van der Waals surface area (Å²) < 4.78 is 31.8. The third-order valence-electron chi connectivity index (χ3n) is 2.64. The zero-order valence-corrected chi connectivity index (χ0v) is 9.68. The van der Waals surface area contributed by atoms with Gasteiger partial charge < -0.3 is 4.42 Å². The van der Waals surface area contributed by atoms with E-state index in [0.29, 0.717) is 22.6 Å². The zero-order chi connectivity index (χ0) is 13.2. The first-order valence-electron chi connectivity index (χ1n) is 5.54. The highest BCUT2D eigenvalue weighted by molar-refractivity contribution is 5.77. The van der Waals surface area contributed by atoms with Gasteiger partial charge in [-0.3, -0.25) is 0 Å². The molecule has 0 saturated carbocycles. The second-order valence-electron chi connectivity index (χ2n) is 3.92. The lowest BCUT2D eigenvalue weighted by atomic mass is 10.0. The highest BCUT2D eigenvalue weighted by Crippen LogP contribution is 2.30. The second kappa shape index (κ2) is 4.61. The van der Waals surface area contributed by atoms with Crippen molar-refractivity contribution in [2.24, 2.45) is 0 Å². The van der Waals surface area contributed by atoms with Crippen molar-refractivity contribution in [1.82, 2.24) is 9.97 Å². The Bertz CT molecular complexity index is 691. The van der Waals surface area contributed by atoms with E-state index in [9.17, 15) is 8.78 Å². The molecule has 0 aliphatic carbocycles. The predicted octanol–water partition coefficient (Wildman–Crippen LogP) is 3.68. The lowest BCUT2D eigenvalue weighted by Gasteiger charge is -2.06. The van der Waals surface area contributed by atoms with E-state index >= 15 is 0 Å². The van der Waals surface area contributed by atoms with Gasteiger partial charge >= 0.3 is 0 Å². The highest BCUT2D eigenvalue weighted by Gasteiger charge is 2.13. The van der Waals surface area contributed by atoms with Crippen LogP contribution in [-0.4, -0.2) is 9.97 Å².